The van der Waals surface area contributed by atoms with E-state index in [9.17, 15) is 9.59 Å². The van der Waals surface area contributed by atoms with Crippen LogP contribution < -0.4 is 20.4 Å². The molecule has 0 aliphatic carbocycles. The van der Waals surface area contributed by atoms with Gasteiger partial charge < -0.3 is 20.3 Å². The second-order valence-electron chi connectivity index (χ2n) is 6.34. The zero-order chi connectivity index (χ0) is 18.1. The van der Waals surface area contributed by atoms with E-state index in [1.165, 1.54) is 6.92 Å². The largest absolute Gasteiger partial charge is 0.442 e. The zero-order valence-corrected chi connectivity index (χ0v) is 15.4. The van der Waals surface area contributed by atoms with E-state index in [-0.39, 0.29) is 24.1 Å². The Morgan fingerprint density at radius 1 is 1.44 bits per heavy atom. The number of thiocarbonyl (C=S) groups is 1. The van der Waals surface area contributed by atoms with Crippen LogP contribution in [0.15, 0.2) is 18.2 Å². The van der Waals surface area contributed by atoms with Gasteiger partial charge in [-0.05, 0) is 49.3 Å². The SMILES string of the molecule is CNC(=S)N1c2ccc(N3C[C@H](CNC(C)=O)OC3=O)cc2C[C@H]1C. The molecule has 1 aromatic rings. The van der Waals surface area contributed by atoms with Gasteiger partial charge in [-0.25, -0.2) is 4.79 Å². The van der Waals surface area contributed by atoms with Gasteiger partial charge in [0.15, 0.2) is 5.11 Å². The van der Waals surface area contributed by atoms with Crippen LogP contribution >= 0.6 is 12.2 Å². The minimum Gasteiger partial charge on any atom is -0.442 e. The van der Waals surface area contributed by atoms with Crippen LogP contribution in [0.4, 0.5) is 16.2 Å². The van der Waals surface area contributed by atoms with Crippen molar-refractivity contribution in [3.05, 3.63) is 23.8 Å². The second kappa shape index (κ2) is 6.87. The Morgan fingerprint density at radius 3 is 2.88 bits per heavy atom. The van der Waals surface area contributed by atoms with Gasteiger partial charge in [-0.15, -0.1) is 0 Å². The van der Waals surface area contributed by atoms with Crippen molar-refractivity contribution in [2.45, 2.75) is 32.4 Å². The fraction of sp³-hybridized carbons (Fsp3) is 0.471. The lowest BCUT2D eigenvalue weighted by Crippen LogP contribution is -2.41. The Bertz CT molecular complexity index is 724. The first kappa shape index (κ1) is 17.5. The number of cyclic esters (lactones) is 1. The molecule has 0 bridgehead atoms. The van der Waals surface area contributed by atoms with Crippen LogP contribution in [-0.4, -0.2) is 49.4 Å². The lowest BCUT2D eigenvalue weighted by Gasteiger charge is -2.25. The van der Waals surface area contributed by atoms with Crippen LogP contribution in [0.2, 0.25) is 0 Å². The van der Waals surface area contributed by atoms with E-state index in [0.29, 0.717) is 18.2 Å². The van der Waals surface area contributed by atoms with Crippen molar-refractivity contribution in [2.24, 2.45) is 0 Å². The number of hydrogen-bond acceptors (Lipinski definition) is 4. The van der Waals surface area contributed by atoms with E-state index in [1.54, 1.807) is 4.90 Å². The van der Waals surface area contributed by atoms with Crippen LogP contribution in [0, 0.1) is 0 Å². The molecule has 2 amide bonds. The van der Waals surface area contributed by atoms with Crippen molar-refractivity contribution in [3.63, 3.8) is 0 Å². The molecule has 1 fully saturated rings. The molecule has 0 unspecified atom stereocenters. The first-order valence-electron chi connectivity index (χ1n) is 8.27. The molecule has 0 radical (unpaired) electrons. The van der Waals surface area contributed by atoms with Gasteiger partial charge in [0.2, 0.25) is 5.91 Å². The number of fused-ring (bicyclic) bond motifs is 1. The minimum absolute atomic E-state index is 0.137. The molecule has 25 heavy (non-hydrogen) atoms. The number of anilines is 2. The fourth-order valence-electron chi connectivity index (χ4n) is 3.31. The number of benzene rings is 1. The summed E-state index contributed by atoms with van der Waals surface area (Å²) < 4.78 is 5.33. The molecule has 3 rings (SSSR count). The lowest BCUT2D eigenvalue weighted by molar-refractivity contribution is -0.119. The molecule has 0 spiro atoms. The van der Waals surface area contributed by atoms with Gasteiger partial charge >= 0.3 is 6.09 Å². The number of rotatable bonds is 3. The van der Waals surface area contributed by atoms with Crippen molar-refractivity contribution < 1.29 is 14.3 Å². The summed E-state index contributed by atoms with van der Waals surface area (Å²) in [5.41, 5.74) is 3.03. The van der Waals surface area contributed by atoms with E-state index in [4.69, 9.17) is 17.0 Å². The van der Waals surface area contributed by atoms with Gasteiger partial charge in [0.1, 0.15) is 6.10 Å². The molecule has 0 saturated carbocycles. The van der Waals surface area contributed by atoms with Crippen LogP contribution in [0.1, 0.15) is 19.4 Å². The smallest absolute Gasteiger partial charge is 0.414 e. The summed E-state index contributed by atoms with van der Waals surface area (Å²) >= 11 is 5.39. The predicted molar refractivity (Wildman–Crippen MR) is 100 cm³/mol. The van der Waals surface area contributed by atoms with Gasteiger partial charge in [0, 0.05) is 31.4 Å². The third kappa shape index (κ3) is 3.39. The lowest BCUT2D eigenvalue weighted by atomic mass is 10.1. The van der Waals surface area contributed by atoms with Crippen molar-refractivity contribution in [2.75, 3.05) is 29.9 Å². The van der Waals surface area contributed by atoms with Gasteiger partial charge in [-0.2, -0.15) is 0 Å². The predicted octanol–water partition coefficient (Wildman–Crippen LogP) is 1.40. The summed E-state index contributed by atoms with van der Waals surface area (Å²) in [7, 11) is 1.82. The highest BCUT2D eigenvalue weighted by Crippen LogP contribution is 2.36. The van der Waals surface area contributed by atoms with Gasteiger partial charge in [0.05, 0.1) is 13.1 Å². The monoisotopic (exact) mass is 362 g/mol. The Kier molecular flexibility index (Phi) is 4.80. The van der Waals surface area contributed by atoms with Gasteiger partial charge in [-0.3, -0.25) is 9.69 Å². The fourth-order valence-corrected chi connectivity index (χ4v) is 3.59. The number of carbonyl (C=O) groups excluding carboxylic acids is 2. The van der Waals surface area contributed by atoms with E-state index in [0.717, 1.165) is 23.4 Å². The molecule has 1 aromatic carbocycles. The van der Waals surface area contributed by atoms with E-state index in [2.05, 4.69) is 22.5 Å². The van der Waals surface area contributed by atoms with Crippen LogP contribution in [0.5, 0.6) is 0 Å². The van der Waals surface area contributed by atoms with Crippen molar-refractivity contribution >= 4 is 40.7 Å². The van der Waals surface area contributed by atoms with Crippen LogP contribution in [0.25, 0.3) is 0 Å². The highest BCUT2D eigenvalue weighted by atomic mass is 32.1. The quantitative estimate of drug-likeness (QED) is 0.792. The average molecular weight is 362 g/mol. The highest BCUT2D eigenvalue weighted by molar-refractivity contribution is 7.80. The summed E-state index contributed by atoms with van der Waals surface area (Å²) in [6, 6.07) is 6.19. The van der Waals surface area contributed by atoms with Gasteiger partial charge in [0.25, 0.3) is 0 Å². The highest BCUT2D eigenvalue weighted by Gasteiger charge is 2.34. The topological polar surface area (TPSA) is 73.9 Å². The van der Waals surface area contributed by atoms with E-state index in [1.807, 2.05) is 25.2 Å². The second-order valence-corrected chi connectivity index (χ2v) is 6.73. The minimum atomic E-state index is -0.385. The standard InChI is InChI=1S/C17H22N4O3S/c1-10-6-12-7-13(4-5-15(12)21(10)16(25)18-3)20-9-14(24-17(20)23)8-19-11(2)22/h4-5,7,10,14H,6,8-9H2,1-3H3,(H,18,25)(H,19,22)/t10-,14+/m1/s1. The molecule has 2 heterocycles. The maximum absolute atomic E-state index is 12.2. The van der Waals surface area contributed by atoms with Crippen LogP contribution in [-0.2, 0) is 16.0 Å². The van der Waals surface area contributed by atoms with E-state index >= 15 is 0 Å². The Labute approximate surface area is 152 Å². The Morgan fingerprint density at radius 2 is 2.20 bits per heavy atom. The molecular weight excluding hydrogens is 340 g/mol. The number of nitrogens with zero attached hydrogens (tertiary/aromatic N) is 2. The molecule has 2 atom stereocenters. The molecule has 2 N–H and O–H groups in total. The number of carbonyl (C=O) groups is 2. The molecule has 8 heteroatoms. The summed E-state index contributed by atoms with van der Waals surface area (Å²) in [5.74, 6) is -0.137. The molecule has 1 saturated heterocycles. The average Bonchev–Trinajstić information content (AvgIpc) is 3.10. The normalized spacial score (nSPS) is 21.8. The molecule has 7 nitrogen and oxygen atoms in total. The third-order valence-electron chi connectivity index (χ3n) is 4.48. The Hall–Kier alpha value is -2.35. The zero-order valence-electron chi connectivity index (χ0n) is 14.5. The molecule has 134 valence electrons. The number of hydrogen-bond donors (Lipinski definition) is 2. The van der Waals surface area contributed by atoms with Crippen molar-refractivity contribution in [1.82, 2.24) is 10.6 Å². The van der Waals surface area contributed by atoms with Gasteiger partial charge in [-0.1, -0.05) is 0 Å². The summed E-state index contributed by atoms with van der Waals surface area (Å²) in [6.45, 7) is 4.31. The molecule has 2 aliphatic rings. The summed E-state index contributed by atoms with van der Waals surface area (Å²) in [5, 5.41) is 6.39. The maximum atomic E-state index is 12.2. The molecular formula is C17H22N4O3S. The number of amides is 2. The Balaban J connectivity index is 1.77. The van der Waals surface area contributed by atoms with Crippen molar-refractivity contribution in [3.8, 4) is 0 Å². The summed E-state index contributed by atoms with van der Waals surface area (Å²) in [6.07, 6.45) is 0.143. The van der Waals surface area contributed by atoms with E-state index < -0.39 is 0 Å². The molecule has 2 aliphatic heterocycles. The maximum Gasteiger partial charge on any atom is 0.414 e. The summed E-state index contributed by atoms with van der Waals surface area (Å²) in [4.78, 5) is 26.9. The number of ether oxygens (including phenoxy) is 1. The molecule has 0 aromatic heterocycles. The number of nitrogens with one attached hydrogen (secondary N) is 2. The first-order chi connectivity index (χ1) is 11.9. The third-order valence-corrected chi connectivity index (χ3v) is 4.88. The van der Waals surface area contributed by atoms with Crippen molar-refractivity contribution in [1.29, 1.82) is 0 Å². The first-order valence-corrected chi connectivity index (χ1v) is 8.68. The van der Waals surface area contributed by atoms with Crippen LogP contribution in [0.3, 0.4) is 0 Å².